The Morgan fingerprint density at radius 3 is 2.80 bits per heavy atom. The molecule has 8 heteroatoms. The SMILES string of the molecule is Cc1nn(C)c(Cl)c1COc1cccc([N+](=O)[O-])c1Br. The van der Waals surface area contributed by atoms with E-state index in [1.54, 1.807) is 23.9 Å². The molecule has 0 N–H and O–H groups in total. The number of rotatable bonds is 4. The van der Waals surface area contributed by atoms with Crippen LogP contribution in [0, 0.1) is 17.0 Å². The summed E-state index contributed by atoms with van der Waals surface area (Å²) in [5, 5.41) is 15.5. The highest BCUT2D eigenvalue weighted by Crippen LogP contribution is 2.34. The van der Waals surface area contributed by atoms with E-state index in [1.807, 2.05) is 6.92 Å². The van der Waals surface area contributed by atoms with Crippen LogP contribution in [-0.2, 0) is 13.7 Å². The van der Waals surface area contributed by atoms with E-state index in [0.717, 1.165) is 11.3 Å². The zero-order valence-corrected chi connectivity index (χ0v) is 13.1. The van der Waals surface area contributed by atoms with Crippen molar-refractivity contribution in [2.75, 3.05) is 0 Å². The molecule has 106 valence electrons. The zero-order chi connectivity index (χ0) is 14.9. The van der Waals surface area contributed by atoms with E-state index < -0.39 is 4.92 Å². The Morgan fingerprint density at radius 1 is 1.55 bits per heavy atom. The number of hydrogen-bond donors (Lipinski definition) is 0. The number of aryl methyl sites for hydroxylation is 2. The normalized spacial score (nSPS) is 10.6. The van der Waals surface area contributed by atoms with Crippen molar-refractivity contribution < 1.29 is 9.66 Å². The quantitative estimate of drug-likeness (QED) is 0.616. The lowest BCUT2D eigenvalue weighted by atomic mass is 10.3. The molecule has 0 radical (unpaired) electrons. The maximum absolute atomic E-state index is 10.8. The highest BCUT2D eigenvalue weighted by molar-refractivity contribution is 9.10. The van der Waals surface area contributed by atoms with Gasteiger partial charge in [0.25, 0.3) is 5.69 Å². The molecule has 0 saturated heterocycles. The van der Waals surface area contributed by atoms with Crippen LogP contribution in [0.5, 0.6) is 5.75 Å². The van der Waals surface area contributed by atoms with E-state index in [1.165, 1.54) is 6.07 Å². The smallest absolute Gasteiger partial charge is 0.287 e. The lowest BCUT2D eigenvalue weighted by Gasteiger charge is -2.08. The minimum Gasteiger partial charge on any atom is -0.487 e. The van der Waals surface area contributed by atoms with Gasteiger partial charge < -0.3 is 4.74 Å². The zero-order valence-electron chi connectivity index (χ0n) is 10.8. The van der Waals surface area contributed by atoms with Crippen molar-refractivity contribution in [3.63, 3.8) is 0 Å². The Bertz CT molecular complexity index is 672. The third kappa shape index (κ3) is 2.78. The van der Waals surface area contributed by atoms with E-state index in [2.05, 4.69) is 21.0 Å². The monoisotopic (exact) mass is 359 g/mol. The van der Waals surface area contributed by atoms with E-state index >= 15 is 0 Å². The first-order valence-electron chi connectivity index (χ1n) is 5.65. The molecule has 2 rings (SSSR count). The summed E-state index contributed by atoms with van der Waals surface area (Å²) in [4.78, 5) is 10.4. The number of halogens is 2. The molecule has 0 bridgehead atoms. The molecule has 1 heterocycles. The van der Waals surface area contributed by atoms with Crippen molar-refractivity contribution in [1.29, 1.82) is 0 Å². The molecule has 0 amide bonds. The minimum atomic E-state index is -0.473. The summed E-state index contributed by atoms with van der Waals surface area (Å²) in [6.07, 6.45) is 0. The molecule has 0 aliphatic heterocycles. The summed E-state index contributed by atoms with van der Waals surface area (Å²) in [7, 11) is 1.74. The van der Waals surface area contributed by atoms with Crippen LogP contribution >= 0.6 is 27.5 Å². The maximum atomic E-state index is 10.8. The molecule has 0 spiro atoms. The summed E-state index contributed by atoms with van der Waals surface area (Å²) in [6.45, 7) is 2.02. The third-order valence-electron chi connectivity index (χ3n) is 2.78. The van der Waals surface area contributed by atoms with Crippen molar-refractivity contribution in [2.24, 2.45) is 7.05 Å². The number of nitro benzene ring substituents is 1. The largest absolute Gasteiger partial charge is 0.487 e. The summed E-state index contributed by atoms with van der Waals surface area (Å²) >= 11 is 9.28. The van der Waals surface area contributed by atoms with Gasteiger partial charge in [0.05, 0.1) is 10.6 Å². The van der Waals surface area contributed by atoms with Gasteiger partial charge in [0.15, 0.2) is 0 Å². The van der Waals surface area contributed by atoms with Gasteiger partial charge in [-0.05, 0) is 28.9 Å². The van der Waals surface area contributed by atoms with Crippen LogP contribution in [-0.4, -0.2) is 14.7 Å². The molecule has 0 aliphatic rings. The lowest BCUT2D eigenvalue weighted by Crippen LogP contribution is -1.99. The highest BCUT2D eigenvalue weighted by atomic mass is 79.9. The fourth-order valence-electron chi connectivity index (χ4n) is 1.74. The Labute approximate surface area is 128 Å². The van der Waals surface area contributed by atoms with Gasteiger partial charge in [-0.15, -0.1) is 0 Å². The van der Waals surface area contributed by atoms with E-state index in [-0.39, 0.29) is 12.3 Å². The number of benzene rings is 1. The fourth-order valence-corrected chi connectivity index (χ4v) is 2.49. The van der Waals surface area contributed by atoms with E-state index in [0.29, 0.717) is 15.4 Å². The molecular formula is C12H11BrClN3O3. The highest BCUT2D eigenvalue weighted by Gasteiger charge is 2.17. The molecule has 0 unspecified atom stereocenters. The summed E-state index contributed by atoms with van der Waals surface area (Å²) in [5.41, 5.74) is 1.48. The lowest BCUT2D eigenvalue weighted by molar-refractivity contribution is -0.385. The van der Waals surface area contributed by atoms with Crippen LogP contribution in [0.1, 0.15) is 11.3 Å². The van der Waals surface area contributed by atoms with Gasteiger partial charge in [-0.3, -0.25) is 14.8 Å². The van der Waals surface area contributed by atoms with Crippen LogP contribution in [0.3, 0.4) is 0 Å². The number of ether oxygens (including phenoxy) is 1. The van der Waals surface area contributed by atoms with Gasteiger partial charge >= 0.3 is 0 Å². The average molecular weight is 361 g/mol. The van der Waals surface area contributed by atoms with Crippen LogP contribution in [0.25, 0.3) is 0 Å². The van der Waals surface area contributed by atoms with Crippen molar-refractivity contribution in [3.8, 4) is 5.75 Å². The average Bonchev–Trinajstić information content (AvgIpc) is 2.62. The molecule has 2 aromatic rings. The van der Waals surface area contributed by atoms with Gasteiger partial charge in [-0.25, -0.2) is 0 Å². The second-order valence-electron chi connectivity index (χ2n) is 4.11. The predicted molar refractivity (Wildman–Crippen MR) is 78.1 cm³/mol. The topological polar surface area (TPSA) is 70.2 Å². The number of nitrogens with zero attached hydrogens (tertiary/aromatic N) is 3. The molecular weight excluding hydrogens is 350 g/mol. The molecule has 1 aromatic heterocycles. The van der Waals surface area contributed by atoms with Crippen LogP contribution in [0.4, 0.5) is 5.69 Å². The third-order valence-corrected chi connectivity index (χ3v) is 4.05. The Hall–Kier alpha value is -1.60. The number of hydrogen-bond acceptors (Lipinski definition) is 4. The Morgan fingerprint density at radius 2 is 2.25 bits per heavy atom. The first-order valence-corrected chi connectivity index (χ1v) is 6.82. The Balaban J connectivity index is 2.23. The summed E-state index contributed by atoms with van der Waals surface area (Å²) in [5.74, 6) is 0.388. The molecule has 0 saturated carbocycles. The second kappa shape index (κ2) is 5.80. The molecule has 0 fully saturated rings. The standard InChI is InChI=1S/C12H11BrClN3O3/c1-7-8(12(14)16(2)15-7)6-20-10-5-3-4-9(11(10)13)17(18)19/h3-5H,6H2,1-2H3. The van der Waals surface area contributed by atoms with Gasteiger partial charge in [0.2, 0.25) is 0 Å². The van der Waals surface area contributed by atoms with Gasteiger partial charge in [0, 0.05) is 18.7 Å². The molecule has 0 aliphatic carbocycles. The first kappa shape index (κ1) is 14.8. The summed E-state index contributed by atoms with van der Waals surface area (Å²) < 4.78 is 7.46. The number of aromatic nitrogens is 2. The van der Waals surface area contributed by atoms with Gasteiger partial charge in [-0.1, -0.05) is 17.7 Å². The van der Waals surface area contributed by atoms with Crippen LogP contribution in [0.2, 0.25) is 5.15 Å². The van der Waals surface area contributed by atoms with Crippen molar-refractivity contribution in [2.45, 2.75) is 13.5 Å². The van der Waals surface area contributed by atoms with Crippen molar-refractivity contribution in [3.05, 3.63) is 49.2 Å². The second-order valence-corrected chi connectivity index (χ2v) is 5.26. The van der Waals surface area contributed by atoms with Crippen molar-refractivity contribution >= 4 is 33.2 Å². The number of nitro groups is 1. The van der Waals surface area contributed by atoms with Crippen molar-refractivity contribution in [1.82, 2.24) is 9.78 Å². The first-order chi connectivity index (χ1) is 9.41. The van der Waals surface area contributed by atoms with E-state index in [4.69, 9.17) is 16.3 Å². The summed E-state index contributed by atoms with van der Waals surface area (Å²) in [6, 6.07) is 4.62. The molecule has 1 aromatic carbocycles. The van der Waals surface area contributed by atoms with Gasteiger partial charge in [-0.2, -0.15) is 5.10 Å². The van der Waals surface area contributed by atoms with E-state index in [9.17, 15) is 10.1 Å². The van der Waals surface area contributed by atoms with Crippen LogP contribution < -0.4 is 4.74 Å². The minimum absolute atomic E-state index is 0.0449. The van der Waals surface area contributed by atoms with Crippen LogP contribution in [0.15, 0.2) is 22.7 Å². The van der Waals surface area contributed by atoms with Gasteiger partial charge in [0.1, 0.15) is 22.0 Å². The molecule has 0 atom stereocenters. The molecule has 6 nitrogen and oxygen atoms in total. The maximum Gasteiger partial charge on any atom is 0.287 e. The Kier molecular flexibility index (Phi) is 4.29. The molecule has 20 heavy (non-hydrogen) atoms. The fraction of sp³-hybridized carbons (Fsp3) is 0.250. The predicted octanol–water partition coefficient (Wildman–Crippen LogP) is 3.63.